The van der Waals surface area contributed by atoms with Gasteiger partial charge in [-0.05, 0) is 43.3 Å². The summed E-state index contributed by atoms with van der Waals surface area (Å²) in [6, 6.07) is 23.0. The summed E-state index contributed by atoms with van der Waals surface area (Å²) in [5, 5.41) is 0. The fourth-order valence-corrected chi connectivity index (χ4v) is 3.31. The van der Waals surface area contributed by atoms with Crippen LogP contribution in [0.1, 0.15) is 36.6 Å². The first-order valence-electron chi connectivity index (χ1n) is 8.95. The number of para-hydroxylation sites is 1. The molecule has 5 heteroatoms. The highest BCUT2D eigenvalue weighted by molar-refractivity contribution is 6.22. The minimum Gasteiger partial charge on any atom is -0.290 e. The zero-order valence-electron chi connectivity index (χ0n) is 15.3. The molecule has 3 aromatic carbocycles. The SMILES string of the molecule is Cc1cccc(C(=O)N(CN2C(=O)c3ccccc3C2=O)c2ccccc2)c1. The number of carbonyl (C=O) groups is 3. The maximum absolute atomic E-state index is 13.2. The Morgan fingerprint density at radius 3 is 2.04 bits per heavy atom. The van der Waals surface area contributed by atoms with E-state index in [1.54, 1.807) is 48.5 Å². The van der Waals surface area contributed by atoms with Crippen molar-refractivity contribution < 1.29 is 14.4 Å². The number of aryl methyl sites for hydroxylation is 1. The Morgan fingerprint density at radius 1 is 0.821 bits per heavy atom. The number of benzene rings is 3. The van der Waals surface area contributed by atoms with E-state index in [9.17, 15) is 14.4 Å². The molecule has 0 N–H and O–H groups in total. The summed E-state index contributed by atoms with van der Waals surface area (Å²) in [4.78, 5) is 41.3. The van der Waals surface area contributed by atoms with Crippen LogP contribution < -0.4 is 4.90 Å². The molecule has 0 bridgehead atoms. The fourth-order valence-electron chi connectivity index (χ4n) is 3.31. The van der Waals surface area contributed by atoms with E-state index in [1.165, 1.54) is 4.90 Å². The first kappa shape index (κ1) is 17.7. The van der Waals surface area contributed by atoms with E-state index in [-0.39, 0.29) is 12.6 Å². The number of carbonyl (C=O) groups excluding carboxylic acids is 3. The van der Waals surface area contributed by atoms with Crippen LogP contribution in [0, 0.1) is 6.92 Å². The maximum Gasteiger partial charge on any atom is 0.263 e. The van der Waals surface area contributed by atoms with Gasteiger partial charge in [-0.1, -0.05) is 48.0 Å². The lowest BCUT2D eigenvalue weighted by Crippen LogP contribution is -2.44. The lowest BCUT2D eigenvalue weighted by atomic mass is 10.1. The molecule has 0 unspecified atom stereocenters. The van der Waals surface area contributed by atoms with Gasteiger partial charge >= 0.3 is 0 Å². The van der Waals surface area contributed by atoms with Crippen LogP contribution in [-0.4, -0.2) is 29.3 Å². The van der Waals surface area contributed by atoms with E-state index in [2.05, 4.69) is 0 Å². The van der Waals surface area contributed by atoms with Gasteiger partial charge in [-0.3, -0.25) is 24.2 Å². The molecule has 5 nitrogen and oxygen atoms in total. The standard InChI is InChI=1S/C23H18N2O3/c1-16-8-7-9-17(14-16)21(26)24(18-10-3-2-4-11-18)15-25-22(27)19-12-5-6-13-20(19)23(25)28/h2-14H,15H2,1H3. The van der Waals surface area contributed by atoms with Crippen LogP contribution in [0.2, 0.25) is 0 Å². The van der Waals surface area contributed by atoms with Gasteiger partial charge < -0.3 is 0 Å². The van der Waals surface area contributed by atoms with Crippen LogP contribution in [-0.2, 0) is 0 Å². The number of imide groups is 1. The third kappa shape index (κ3) is 3.07. The van der Waals surface area contributed by atoms with Gasteiger partial charge in [0.15, 0.2) is 0 Å². The average Bonchev–Trinajstić information content (AvgIpc) is 2.97. The van der Waals surface area contributed by atoms with E-state index in [0.717, 1.165) is 10.5 Å². The van der Waals surface area contributed by atoms with Crippen LogP contribution in [0.3, 0.4) is 0 Å². The average molecular weight is 370 g/mol. The molecule has 3 aromatic rings. The van der Waals surface area contributed by atoms with Gasteiger partial charge in [-0.2, -0.15) is 0 Å². The number of anilines is 1. The predicted molar refractivity (Wildman–Crippen MR) is 106 cm³/mol. The second kappa shape index (κ2) is 7.12. The Balaban J connectivity index is 1.71. The molecular weight excluding hydrogens is 352 g/mol. The van der Waals surface area contributed by atoms with Crippen LogP contribution in [0.25, 0.3) is 0 Å². The highest BCUT2D eigenvalue weighted by Gasteiger charge is 2.37. The van der Waals surface area contributed by atoms with Crippen molar-refractivity contribution in [2.45, 2.75) is 6.92 Å². The molecule has 0 spiro atoms. The second-order valence-electron chi connectivity index (χ2n) is 6.66. The number of hydrogen-bond donors (Lipinski definition) is 0. The molecule has 138 valence electrons. The normalized spacial score (nSPS) is 12.8. The molecule has 1 heterocycles. The Hall–Kier alpha value is -3.73. The third-order valence-corrected chi connectivity index (χ3v) is 4.74. The van der Waals surface area contributed by atoms with E-state index < -0.39 is 11.8 Å². The second-order valence-corrected chi connectivity index (χ2v) is 6.66. The zero-order chi connectivity index (χ0) is 19.7. The molecular formula is C23H18N2O3. The quantitative estimate of drug-likeness (QED) is 0.655. The molecule has 1 aliphatic rings. The lowest BCUT2D eigenvalue weighted by Gasteiger charge is -2.27. The van der Waals surface area contributed by atoms with Crippen LogP contribution in [0.5, 0.6) is 0 Å². The van der Waals surface area contributed by atoms with Crippen LogP contribution >= 0.6 is 0 Å². The topological polar surface area (TPSA) is 57.7 Å². The maximum atomic E-state index is 13.2. The van der Waals surface area contributed by atoms with Gasteiger partial charge in [-0.15, -0.1) is 0 Å². The molecule has 1 aliphatic heterocycles. The van der Waals surface area contributed by atoms with Gasteiger partial charge in [0.2, 0.25) is 0 Å². The monoisotopic (exact) mass is 370 g/mol. The van der Waals surface area contributed by atoms with Crippen molar-refractivity contribution in [2.24, 2.45) is 0 Å². The largest absolute Gasteiger partial charge is 0.290 e. The summed E-state index contributed by atoms with van der Waals surface area (Å²) in [6.07, 6.45) is 0. The molecule has 3 amide bonds. The van der Waals surface area contributed by atoms with Gasteiger partial charge in [-0.25, -0.2) is 0 Å². The Bertz CT molecular complexity index is 1040. The van der Waals surface area contributed by atoms with Crippen molar-refractivity contribution in [3.63, 3.8) is 0 Å². The summed E-state index contributed by atoms with van der Waals surface area (Å²) < 4.78 is 0. The number of nitrogens with zero attached hydrogens (tertiary/aromatic N) is 2. The molecule has 0 aliphatic carbocycles. The molecule has 0 saturated carbocycles. The van der Waals surface area contributed by atoms with Crippen molar-refractivity contribution in [2.75, 3.05) is 11.6 Å². The summed E-state index contributed by atoms with van der Waals surface area (Å²) in [5.74, 6) is -1.05. The van der Waals surface area contributed by atoms with Crippen LogP contribution in [0.4, 0.5) is 5.69 Å². The summed E-state index contributed by atoms with van der Waals surface area (Å²) in [7, 11) is 0. The highest BCUT2D eigenvalue weighted by Crippen LogP contribution is 2.25. The Labute approximate surface area is 162 Å². The molecule has 4 rings (SSSR count). The molecule has 0 atom stereocenters. The van der Waals surface area contributed by atoms with E-state index in [4.69, 9.17) is 0 Å². The van der Waals surface area contributed by atoms with E-state index in [1.807, 2.05) is 37.3 Å². The number of fused-ring (bicyclic) bond motifs is 1. The van der Waals surface area contributed by atoms with Crippen molar-refractivity contribution in [3.8, 4) is 0 Å². The van der Waals surface area contributed by atoms with Gasteiger partial charge in [0.05, 0.1) is 11.1 Å². The molecule has 0 saturated heterocycles. The Morgan fingerprint density at radius 2 is 1.43 bits per heavy atom. The number of rotatable bonds is 4. The van der Waals surface area contributed by atoms with Crippen molar-refractivity contribution >= 4 is 23.4 Å². The molecule has 0 aromatic heterocycles. The first-order chi connectivity index (χ1) is 13.6. The first-order valence-corrected chi connectivity index (χ1v) is 8.95. The summed E-state index contributed by atoms with van der Waals surface area (Å²) >= 11 is 0. The van der Waals surface area contributed by atoms with Crippen molar-refractivity contribution in [3.05, 3.63) is 101 Å². The van der Waals surface area contributed by atoms with Crippen LogP contribution in [0.15, 0.2) is 78.9 Å². The minimum atomic E-state index is -0.390. The zero-order valence-corrected chi connectivity index (χ0v) is 15.3. The van der Waals surface area contributed by atoms with Gasteiger partial charge in [0.25, 0.3) is 17.7 Å². The Kier molecular flexibility index (Phi) is 4.49. The number of hydrogen-bond acceptors (Lipinski definition) is 3. The van der Waals surface area contributed by atoms with E-state index >= 15 is 0 Å². The molecule has 0 radical (unpaired) electrons. The van der Waals surface area contributed by atoms with E-state index in [0.29, 0.717) is 22.4 Å². The molecule has 0 fully saturated rings. The lowest BCUT2D eigenvalue weighted by molar-refractivity contribution is 0.0650. The smallest absolute Gasteiger partial charge is 0.263 e. The van der Waals surface area contributed by atoms with Gasteiger partial charge in [0.1, 0.15) is 6.67 Å². The summed E-state index contributed by atoms with van der Waals surface area (Å²) in [5.41, 5.74) is 2.80. The third-order valence-electron chi connectivity index (χ3n) is 4.74. The number of amides is 3. The summed E-state index contributed by atoms with van der Waals surface area (Å²) in [6.45, 7) is 1.76. The molecule has 28 heavy (non-hydrogen) atoms. The highest BCUT2D eigenvalue weighted by atomic mass is 16.2. The van der Waals surface area contributed by atoms with Crippen molar-refractivity contribution in [1.82, 2.24) is 4.90 Å². The predicted octanol–water partition coefficient (Wildman–Crippen LogP) is 3.90. The van der Waals surface area contributed by atoms with Gasteiger partial charge in [0, 0.05) is 11.3 Å². The van der Waals surface area contributed by atoms with Crippen molar-refractivity contribution in [1.29, 1.82) is 0 Å². The fraction of sp³-hybridized carbons (Fsp3) is 0.0870. The minimum absolute atomic E-state index is 0.150.